The van der Waals surface area contributed by atoms with Crippen LogP contribution in [0.3, 0.4) is 0 Å². The van der Waals surface area contributed by atoms with Crippen molar-refractivity contribution < 1.29 is 4.79 Å². The highest BCUT2D eigenvalue weighted by atomic mass is 35.5. The topological polar surface area (TPSA) is 62.5 Å². The van der Waals surface area contributed by atoms with Crippen molar-refractivity contribution in [3.05, 3.63) is 16.1 Å². The summed E-state index contributed by atoms with van der Waals surface area (Å²) in [6.07, 6.45) is 5.34. The van der Waals surface area contributed by atoms with Gasteiger partial charge in [-0.05, 0) is 31.6 Å². The highest BCUT2D eigenvalue weighted by molar-refractivity contribution is 7.09. The van der Waals surface area contributed by atoms with Crippen LogP contribution in [-0.2, 0) is 6.54 Å². The molecule has 2 heterocycles. The van der Waals surface area contributed by atoms with Crippen LogP contribution in [0, 0.1) is 5.92 Å². The van der Waals surface area contributed by atoms with Gasteiger partial charge < -0.3 is 10.6 Å². The van der Waals surface area contributed by atoms with Gasteiger partial charge in [-0.15, -0.1) is 36.2 Å². The van der Waals surface area contributed by atoms with Crippen LogP contribution in [0.25, 0.3) is 0 Å². The van der Waals surface area contributed by atoms with E-state index in [1.54, 1.807) is 0 Å². The van der Waals surface area contributed by atoms with Crippen LogP contribution < -0.4 is 5.73 Å². The summed E-state index contributed by atoms with van der Waals surface area (Å²) in [4.78, 5) is 21.3. The Bertz CT molecular complexity index is 512. The Labute approximate surface area is 160 Å². The van der Waals surface area contributed by atoms with E-state index < -0.39 is 0 Å². The van der Waals surface area contributed by atoms with Crippen molar-refractivity contribution in [2.45, 2.75) is 45.2 Å². The van der Waals surface area contributed by atoms with Crippen molar-refractivity contribution in [3.8, 4) is 0 Å². The van der Waals surface area contributed by atoms with Gasteiger partial charge in [0.15, 0.2) is 0 Å². The molecule has 24 heavy (non-hydrogen) atoms. The fraction of sp³-hybridized carbons (Fsp3) is 0.750. The van der Waals surface area contributed by atoms with Gasteiger partial charge in [-0.1, -0.05) is 6.92 Å². The highest BCUT2D eigenvalue weighted by Gasteiger charge is 2.29. The molecule has 0 atom stereocenters. The molecular formula is C16H28Cl2N4OS. The van der Waals surface area contributed by atoms with Crippen molar-refractivity contribution in [2.75, 3.05) is 26.2 Å². The van der Waals surface area contributed by atoms with Gasteiger partial charge in [-0.25, -0.2) is 4.98 Å². The third-order valence-electron chi connectivity index (χ3n) is 5.05. The van der Waals surface area contributed by atoms with Crippen molar-refractivity contribution in [1.82, 2.24) is 14.8 Å². The molecule has 8 heteroatoms. The zero-order valence-corrected chi connectivity index (χ0v) is 16.6. The molecule has 0 unspecified atom stereocenters. The Morgan fingerprint density at radius 3 is 2.38 bits per heavy atom. The number of aromatic nitrogens is 1. The van der Waals surface area contributed by atoms with Gasteiger partial charge in [0.1, 0.15) is 10.7 Å². The molecule has 1 aromatic heterocycles. The maximum atomic E-state index is 12.5. The largest absolute Gasteiger partial charge is 0.335 e. The van der Waals surface area contributed by atoms with Gasteiger partial charge in [0, 0.05) is 44.1 Å². The van der Waals surface area contributed by atoms with Crippen LogP contribution in [0.1, 0.15) is 48.1 Å². The highest BCUT2D eigenvalue weighted by Crippen LogP contribution is 2.27. The molecule has 5 nitrogen and oxygen atoms in total. The van der Waals surface area contributed by atoms with Gasteiger partial charge in [0.2, 0.25) is 0 Å². The molecule has 0 radical (unpaired) electrons. The Hall–Kier alpha value is -0.400. The third kappa shape index (κ3) is 5.05. The van der Waals surface area contributed by atoms with E-state index in [0.29, 0.717) is 12.2 Å². The first kappa shape index (κ1) is 21.6. The number of hydrogen-bond donors (Lipinski definition) is 1. The second-order valence-corrected chi connectivity index (χ2v) is 7.52. The van der Waals surface area contributed by atoms with Crippen LogP contribution in [0.15, 0.2) is 5.38 Å². The first-order valence-electron chi connectivity index (χ1n) is 8.35. The zero-order chi connectivity index (χ0) is 15.5. The summed E-state index contributed by atoms with van der Waals surface area (Å²) >= 11 is 1.47. The van der Waals surface area contributed by atoms with Crippen LogP contribution in [0.5, 0.6) is 0 Å². The Morgan fingerprint density at radius 1 is 1.21 bits per heavy atom. The standard InChI is InChI=1S/C16H26N4OS.2ClH/c1-12-2-4-13(5-3-12)19-6-8-20(9-7-19)16(21)14-11-22-15(10-17)18-14;;/h11-13H,2-10,17H2,1H3;2*1H. The number of thiazole rings is 1. The molecular weight excluding hydrogens is 367 g/mol. The number of nitrogens with two attached hydrogens (primary N) is 1. The summed E-state index contributed by atoms with van der Waals surface area (Å²) in [5, 5.41) is 2.66. The molecule has 1 saturated heterocycles. The lowest BCUT2D eigenvalue weighted by atomic mass is 9.86. The van der Waals surface area contributed by atoms with Gasteiger partial charge in [-0.3, -0.25) is 9.69 Å². The number of halogens is 2. The fourth-order valence-corrected chi connectivity index (χ4v) is 4.21. The summed E-state index contributed by atoms with van der Waals surface area (Å²) < 4.78 is 0. The number of carbonyl (C=O) groups is 1. The van der Waals surface area contributed by atoms with Crippen molar-refractivity contribution in [3.63, 3.8) is 0 Å². The Kier molecular flexibility index (Phi) is 8.95. The fourth-order valence-electron chi connectivity index (χ4n) is 3.56. The molecule has 1 saturated carbocycles. The molecule has 1 aromatic rings. The number of piperazine rings is 1. The van der Waals surface area contributed by atoms with Crippen LogP contribution in [-0.4, -0.2) is 52.9 Å². The second-order valence-electron chi connectivity index (χ2n) is 6.57. The molecule has 2 aliphatic rings. The minimum Gasteiger partial charge on any atom is -0.335 e. The molecule has 1 amide bonds. The normalized spacial score (nSPS) is 24.8. The quantitative estimate of drug-likeness (QED) is 0.855. The number of rotatable bonds is 3. The average Bonchev–Trinajstić information content (AvgIpc) is 3.04. The molecule has 2 fully saturated rings. The first-order valence-corrected chi connectivity index (χ1v) is 9.23. The second kappa shape index (κ2) is 9.92. The summed E-state index contributed by atoms with van der Waals surface area (Å²) in [7, 11) is 0. The number of hydrogen-bond acceptors (Lipinski definition) is 5. The SMILES string of the molecule is CC1CCC(N2CCN(C(=O)c3csc(CN)n3)CC2)CC1.Cl.Cl. The van der Waals surface area contributed by atoms with E-state index in [1.165, 1.54) is 37.0 Å². The van der Waals surface area contributed by atoms with Gasteiger partial charge in [0.25, 0.3) is 5.91 Å². The molecule has 0 bridgehead atoms. The molecule has 138 valence electrons. The predicted molar refractivity (Wildman–Crippen MR) is 103 cm³/mol. The van der Waals surface area contributed by atoms with E-state index in [1.807, 2.05) is 10.3 Å². The van der Waals surface area contributed by atoms with E-state index >= 15 is 0 Å². The van der Waals surface area contributed by atoms with Gasteiger partial charge in [-0.2, -0.15) is 0 Å². The number of amides is 1. The molecule has 1 aliphatic heterocycles. The van der Waals surface area contributed by atoms with E-state index in [9.17, 15) is 4.79 Å². The summed E-state index contributed by atoms with van der Waals surface area (Å²) in [5.74, 6) is 0.952. The van der Waals surface area contributed by atoms with Gasteiger partial charge in [0.05, 0.1) is 0 Å². The maximum absolute atomic E-state index is 12.5. The van der Waals surface area contributed by atoms with E-state index in [-0.39, 0.29) is 30.7 Å². The summed E-state index contributed by atoms with van der Waals surface area (Å²) in [6, 6.07) is 0.733. The maximum Gasteiger partial charge on any atom is 0.273 e. The summed E-state index contributed by atoms with van der Waals surface area (Å²) in [5.41, 5.74) is 6.13. The van der Waals surface area contributed by atoms with E-state index in [0.717, 1.165) is 43.1 Å². The lowest BCUT2D eigenvalue weighted by Crippen LogP contribution is -2.52. The third-order valence-corrected chi connectivity index (χ3v) is 5.92. The first-order chi connectivity index (χ1) is 10.7. The van der Waals surface area contributed by atoms with E-state index in [2.05, 4.69) is 16.8 Å². The molecule has 2 N–H and O–H groups in total. The van der Waals surface area contributed by atoms with Crippen LogP contribution >= 0.6 is 36.2 Å². The van der Waals surface area contributed by atoms with Crippen molar-refractivity contribution in [2.24, 2.45) is 11.7 Å². The Morgan fingerprint density at radius 2 is 1.83 bits per heavy atom. The molecule has 0 spiro atoms. The van der Waals surface area contributed by atoms with E-state index in [4.69, 9.17) is 5.73 Å². The molecule has 0 aromatic carbocycles. The van der Waals surface area contributed by atoms with Crippen molar-refractivity contribution >= 4 is 42.1 Å². The number of carbonyl (C=O) groups excluding carboxylic acids is 1. The smallest absolute Gasteiger partial charge is 0.273 e. The van der Waals surface area contributed by atoms with Crippen LogP contribution in [0.2, 0.25) is 0 Å². The van der Waals surface area contributed by atoms with Crippen LogP contribution in [0.4, 0.5) is 0 Å². The lowest BCUT2D eigenvalue weighted by Gasteiger charge is -2.41. The molecule has 3 rings (SSSR count). The minimum atomic E-state index is 0. The lowest BCUT2D eigenvalue weighted by molar-refractivity contribution is 0.0497. The zero-order valence-electron chi connectivity index (χ0n) is 14.1. The average molecular weight is 395 g/mol. The molecule has 1 aliphatic carbocycles. The van der Waals surface area contributed by atoms with Gasteiger partial charge >= 0.3 is 0 Å². The minimum absolute atomic E-state index is 0. The number of nitrogens with zero attached hydrogens (tertiary/aromatic N) is 3. The van der Waals surface area contributed by atoms with Crippen molar-refractivity contribution in [1.29, 1.82) is 0 Å². The Balaban J connectivity index is 0.00000144. The predicted octanol–water partition coefficient (Wildman–Crippen LogP) is 2.78. The summed E-state index contributed by atoms with van der Waals surface area (Å²) in [6.45, 7) is 6.40. The monoisotopic (exact) mass is 394 g/mol.